The number of aromatic amines is 1. The Hall–Kier alpha value is -4.23. The standard InChI is InChI=1S/C24H24FN3O9/c25-17-11-28(23(31)27-22(17)30)20-9-18(34-13-16-7-4-8-33-16)19(37-20)14-35-21(29)10-26-24(32)36-12-15-5-2-1-3-6-15/h1-8,11,18-20H,9-10,12-14H2,(H,26,32)(H,27,30,31)/t18?,19-,20-/m0/s1. The second-order valence-electron chi connectivity index (χ2n) is 8.04. The summed E-state index contributed by atoms with van der Waals surface area (Å²) in [5.41, 5.74) is -1.22. The van der Waals surface area contributed by atoms with Gasteiger partial charge in [0, 0.05) is 6.42 Å². The number of nitrogens with zero attached hydrogens (tertiary/aromatic N) is 1. The number of benzene rings is 1. The number of amides is 1. The van der Waals surface area contributed by atoms with Crippen molar-refractivity contribution in [3.63, 3.8) is 0 Å². The molecule has 1 saturated heterocycles. The number of ether oxygens (including phenoxy) is 4. The molecular weight excluding hydrogens is 493 g/mol. The molecule has 4 rings (SSSR count). The molecule has 1 aromatic carbocycles. The summed E-state index contributed by atoms with van der Waals surface area (Å²) >= 11 is 0. The number of H-pyrrole nitrogens is 1. The lowest BCUT2D eigenvalue weighted by atomic mass is 10.2. The highest BCUT2D eigenvalue weighted by Crippen LogP contribution is 2.30. The second kappa shape index (κ2) is 12.1. The van der Waals surface area contributed by atoms with E-state index in [0.29, 0.717) is 5.76 Å². The Balaban J connectivity index is 1.31. The van der Waals surface area contributed by atoms with Gasteiger partial charge in [-0.1, -0.05) is 30.3 Å². The molecule has 196 valence electrons. The molecule has 3 heterocycles. The molecule has 12 nitrogen and oxygen atoms in total. The van der Waals surface area contributed by atoms with E-state index < -0.39 is 54.1 Å². The zero-order valence-corrected chi connectivity index (χ0v) is 19.5. The lowest BCUT2D eigenvalue weighted by molar-refractivity contribution is -0.150. The quantitative estimate of drug-likeness (QED) is 0.382. The molecular formula is C24H24FN3O9. The third-order valence-electron chi connectivity index (χ3n) is 5.43. The number of aromatic nitrogens is 2. The summed E-state index contributed by atoms with van der Waals surface area (Å²) in [7, 11) is 0. The van der Waals surface area contributed by atoms with Crippen molar-refractivity contribution in [1.29, 1.82) is 0 Å². The van der Waals surface area contributed by atoms with E-state index in [1.54, 1.807) is 36.4 Å². The van der Waals surface area contributed by atoms with E-state index in [1.807, 2.05) is 11.1 Å². The average Bonchev–Trinajstić information content (AvgIpc) is 3.56. The van der Waals surface area contributed by atoms with Crippen LogP contribution in [-0.2, 0) is 37.0 Å². The average molecular weight is 517 g/mol. The Morgan fingerprint density at radius 3 is 2.68 bits per heavy atom. The number of hydrogen-bond acceptors (Lipinski definition) is 9. The molecule has 0 spiro atoms. The highest BCUT2D eigenvalue weighted by molar-refractivity contribution is 5.77. The van der Waals surface area contributed by atoms with Crippen LogP contribution in [0.5, 0.6) is 0 Å². The SMILES string of the molecule is O=C(CNC(=O)OCc1ccccc1)OC[C@@H]1O[C@H](n2cc(F)c(=O)[nH]c2=O)CC1OCc1ccco1. The van der Waals surface area contributed by atoms with Crippen LogP contribution in [0.1, 0.15) is 24.0 Å². The molecule has 13 heteroatoms. The fourth-order valence-corrected chi connectivity index (χ4v) is 3.60. The second-order valence-corrected chi connectivity index (χ2v) is 8.04. The summed E-state index contributed by atoms with van der Waals surface area (Å²) in [6.07, 6.45) is -0.976. The van der Waals surface area contributed by atoms with Crippen LogP contribution in [0.25, 0.3) is 0 Å². The van der Waals surface area contributed by atoms with Crippen LogP contribution in [-0.4, -0.2) is 47.0 Å². The summed E-state index contributed by atoms with van der Waals surface area (Å²) in [6, 6.07) is 12.4. The molecule has 1 aliphatic heterocycles. The molecule has 1 fully saturated rings. The number of furan rings is 1. The number of rotatable bonds is 10. The first-order chi connectivity index (χ1) is 17.9. The molecule has 2 aromatic heterocycles. The van der Waals surface area contributed by atoms with Crippen molar-refractivity contribution in [1.82, 2.24) is 14.9 Å². The van der Waals surface area contributed by atoms with Crippen LogP contribution in [0.3, 0.4) is 0 Å². The maximum Gasteiger partial charge on any atom is 0.407 e. The Kier molecular flexibility index (Phi) is 8.48. The van der Waals surface area contributed by atoms with E-state index in [1.165, 1.54) is 6.26 Å². The van der Waals surface area contributed by atoms with E-state index in [-0.39, 0.29) is 26.2 Å². The van der Waals surface area contributed by atoms with E-state index in [4.69, 9.17) is 23.4 Å². The van der Waals surface area contributed by atoms with Crippen molar-refractivity contribution >= 4 is 12.1 Å². The normalized spacial score (nSPS) is 18.9. The van der Waals surface area contributed by atoms with Gasteiger partial charge in [-0.3, -0.25) is 19.1 Å². The Morgan fingerprint density at radius 2 is 1.92 bits per heavy atom. The Labute approximate surface area is 208 Å². The molecule has 1 unspecified atom stereocenters. The number of hydrogen-bond donors (Lipinski definition) is 2. The van der Waals surface area contributed by atoms with E-state index >= 15 is 0 Å². The van der Waals surface area contributed by atoms with Gasteiger partial charge in [0.15, 0.2) is 0 Å². The minimum atomic E-state index is -1.16. The molecule has 3 atom stereocenters. The molecule has 0 radical (unpaired) electrons. The molecule has 2 N–H and O–H groups in total. The van der Waals surface area contributed by atoms with Gasteiger partial charge in [0.25, 0.3) is 5.56 Å². The summed E-state index contributed by atoms with van der Waals surface area (Å²) in [5, 5.41) is 2.30. The number of carbonyl (C=O) groups excluding carboxylic acids is 2. The van der Waals surface area contributed by atoms with Crippen molar-refractivity contribution < 1.29 is 37.3 Å². The van der Waals surface area contributed by atoms with Gasteiger partial charge in [-0.2, -0.15) is 4.39 Å². The summed E-state index contributed by atoms with van der Waals surface area (Å²) < 4.78 is 41.8. The molecule has 1 aliphatic rings. The van der Waals surface area contributed by atoms with E-state index in [0.717, 1.165) is 16.3 Å². The minimum absolute atomic E-state index is 0.0401. The predicted molar refractivity (Wildman–Crippen MR) is 123 cm³/mol. The Morgan fingerprint density at radius 1 is 1.11 bits per heavy atom. The zero-order chi connectivity index (χ0) is 26.2. The van der Waals surface area contributed by atoms with Gasteiger partial charge in [0.05, 0.1) is 18.6 Å². The van der Waals surface area contributed by atoms with Gasteiger partial charge >= 0.3 is 17.8 Å². The van der Waals surface area contributed by atoms with E-state index in [2.05, 4.69) is 5.32 Å². The van der Waals surface area contributed by atoms with Crippen LogP contribution in [0.2, 0.25) is 0 Å². The van der Waals surface area contributed by atoms with Crippen LogP contribution >= 0.6 is 0 Å². The molecule has 3 aromatic rings. The Bertz CT molecular complexity index is 1310. The molecule has 0 aliphatic carbocycles. The predicted octanol–water partition coefficient (Wildman–Crippen LogP) is 1.61. The van der Waals surface area contributed by atoms with Gasteiger partial charge in [-0.15, -0.1) is 0 Å². The smallest absolute Gasteiger partial charge is 0.407 e. The summed E-state index contributed by atoms with van der Waals surface area (Å²) in [5.74, 6) is -1.39. The third-order valence-corrected chi connectivity index (χ3v) is 5.43. The fourth-order valence-electron chi connectivity index (χ4n) is 3.60. The van der Waals surface area contributed by atoms with Crippen LogP contribution in [0.15, 0.2) is 68.9 Å². The van der Waals surface area contributed by atoms with Crippen LogP contribution in [0.4, 0.5) is 9.18 Å². The van der Waals surface area contributed by atoms with Crippen molar-refractivity contribution in [2.24, 2.45) is 0 Å². The molecule has 0 saturated carbocycles. The number of nitrogens with one attached hydrogen (secondary N) is 2. The minimum Gasteiger partial charge on any atom is -0.467 e. The maximum absolute atomic E-state index is 13.8. The number of carbonyl (C=O) groups is 2. The van der Waals surface area contributed by atoms with Crippen molar-refractivity contribution in [2.75, 3.05) is 13.2 Å². The number of alkyl carbamates (subject to hydrolysis) is 1. The first-order valence-corrected chi connectivity index (χ1v) is 11.3. The first kappa shape index (κ1) is 25.9. The van der Waals surface area contributed by atoms with Gasteiger partial charge in [-0.25, -0.2) is 9.59 Å². The third kappa shape index (κ3) is 7.15. The lowest BCUT2D eigenvalue weighted by Crippen LogP contribution is -2.35. The van der Waals surface area contributed by atoms with Gasteiger partial charge in [0.1, 0.15) is 44.5 Å². The number of esters is 1. The van der Waals surface area contributed by atoms with Crippen molar-refractivity contribution in [3.8, 4) is 0 Å². The van der Waals surface area contributed by atoms with Gasteiger partial charge < -0.3 is 28.7 Å². The largest absolute Gasteiger partial charge is 0.467 e. The van der Waals surface area contributed by atoms with Crippen molar-refractivity contribution in [3.05, 3.63) is 92.9 Å². The maximum atomic E-state index is 13.8. The van der Waals surface area contributed by atoms with Crippen LogP contribution < -0.4 is 16.6 Å². The topological polar surface area (TPSA) is 151 Å². The number of halogens is 1. The fraction of sp³-hybridized carbons (Fsp3) is 0.333. The van der Waals surface area contributed by atoms with Gasteiger partial charge in [-0.05, 0) is 17.7 Å². The molecule has 0 bridgehead atoms. The molecule has 37 heavy (non-hydrogen) atoms. The van der Waals surface area contributed by atoms with Crippen molar-refractivity contribution in [2.45, 2.75) is 38.1 Å². The zero-order valence-electron chi connectivity index (χ0n) is 19.5. The lowest BCUT2D eigenvalue weighted by Gasteiger charge is -2.18. The first-order valence-electron chi connectivity index (χ1n) is 11.3. The van der Waals surface area contributed by atoms with E-state index in [9.17, 15) is 23.6 Å². The van der Waals surface area contributed by atoms with Crippen LogP contribution in [0, 0.1) is 5.82 Å². The molecule has 1 amide bonds. The highest BCUT2D eigenvalue weighted by atomic mass is 19.1. The monoisotopic (exact) mass is 517 g/mol. The highest BCUT2D eigenvalue weighted by Gasteiger charge is 2.38. The summed E-state index contributed by atoms with van der Waals surface area (Å²) in [4.78, 5) is 49.4. The summed E-state index contributed by atoms with van der Waals surface area (Å²) in [6.45, 7) is -0.619. The van der Waals surface area contributed by atoms with Gasteiger partial charge in [0.2, 0.25) is 5.82 Å².